The van der Waals surface area contributed by atoms with Crippen molar-refractivity contribution in [1.82, 2.24) is 0 Å². The molecule has 1 heterocycles. The Bertz CT molecular complexity index is 778. The van der Waals surface area contributed by atoms with Crippen LogP contribution in [0.1, 0.15) is 17.8 Å². The summed E-state index contributed by atoms with van der Waals surface area (Å²) in [6.45, 7) is 0.724. The van der Waals surface area contributed by atoms with Gasteiger partial charge in [-0.05, 0) is 30.7 Å². The summed E-state index contributed by atoms with van der Waals surface area (Å²) in [6, 6.07) is 12.6. The Balaban J connectivity index is 2.09. The van der Waals surface area contributed by atoms with Gasteiger partial charge >= 0.3 is 7.60 Å². The number of ether oxygens (including phenoxy) is 1. The van der Waals surface area contributed by atoms with Gasteiger partial charge in [0, 0.05) is 16.3 Å². The Hall–Kier alpha value is -1.23. The molecule has 1 saturated heterocycles. The predicted molar refractivity (Wildman–Crippen MR) is 99.9 cm³/mol. The average Bonchev–Trinajstić information content (AvgIpc) is 2.60. The van der Waals surface area contributed by atoms with Gasteiger partial charge in [-0.1, -0.05) is 41.4 Å². The minimum atomic E-state index is -3.50. The van der Waals surface area contributed by atoms with Crippen molar-refractivity contribution in [2.45, 2.75) is 12.2 Å². The Morgan fingerprint density at radius 2 is 1.84 bits per heavy atom. The van der Waals surface area contributed by atoms with E-state index in [-0.39, 0.29) is 0 Å². The van der Waals surface area contributed by atoms with Crippen LogP contribution in [0.2, 0.25) is 10.0 Å². The number of hydrogen-bond donors (Lipinski definition) is 1. The largest absolute Gasteiger partial charge is 0.495 e. The van der Waals surface area contributed by atoms with E-state index >= 15 is 0 Å². The van der Waals surface area contributed by atoms with Crippen LogP contribution in [0.5, 0.6) is 5.75 Å². The number of para-hydroxylation sites is 1. The number of methoxy groups -OCH3 is 1. The van der Waals surface area contributed by atoms with E-state index in [4.69, 9.17) is 37.0 Å². The van der Waals surface area contributed by atoms with Crippen molar-refractivity contribution in [3.63, 3.8) is 0 Å². The van der Waals surface area contributed by atoms with Crippen LogP contribution in [0.15, 0.2) is 42.5 Å². The zero-order valence-corrected chi connectivity index (χ0v) is 16.0. The van der Waals surface area contributed by atoms with Crippen molar-refractivity contribution < 1.29 is 18.3 Å². The van der Waals surface area contributed by atoms with Crippen LogP contribution in [-0.2, 0) is 13.6 Å². The topological polar surface area (TPSA) is 56.8 Å². The molecular formula is C17H18Cl2NO4P. The smallest absolute Gasteiger partial charge is 0.357 e. The molecule has 1 N–H and O–H groups in total. The lowest BCUT2D eigenvalue weighted by Gasteiger charge is -2.32. The summed E-state index contributed by atoms with van der Waals surface area (Å²) >= 11 is 12.4. The molecule has 0 aromatic heterocycles. The van der Waals surface area contributed by atoms with Gasteiger partial charge in [0.2, 0.25) is 0 Å². The number of anilines is 1. The molecule has 134 valence electrons. The summed E-state index contributed by atoms with van der Waals surface area (Å²) in [5, 5.41) is 3.96. The molecule has 1 atom stereocenters. The highest BCUT2D eigenvalue weighted by molar-refractivity contribution is 7.54. The highest BCUT2D eigenvalue weighted by atomic mass is 35.5. The molecule has 0 saturated carbocycles. The summed E-state index contributed by atoms with van der Waals surface area (Å²) in [6.07, 6.45) is 0.690. The average molecular weight is 402 g/mol. The second-order valence-electron chi connectivity index (χ2n) is 5.48. The van der Waals surface area contributed by atoms with E-state index < -0.39 is 13.4 Å². The lowest BCUT2D eigenvalue weighted by Crippen LogP contribution is -2.20. The molecule has 2 aromatic carbocycles. The van der Waals surface area contributed by atoms with Crippen LogP contribution < -0.4 is 10.1 Å². The highest BCUT2D eigenvalue weighted by Gasteiger charge is 2.41. The first-order valence-corrected chi connectivity index (χ1v) is 10.1. The van der Waals surface area contributed by atoms with Gasteiger partial charge in [0.25, 0.3) is 0 Å². The summed E-state index contributed by atoms with van der Waals surface area (Å²) in [4.78, 5) is 0. The zero-order valence-electron chi connectivity index (χ0n) is 13.6. The van der Waals surface area contributed by atoms with Crippen LogP contribution in [0.4, 0.5) is 5.69 Å². The van der Waals surface area contributed by atoms with Crippen LogP contribution >= 0.6 is 30.8 Å². The number of benzene rings is 2. The third kappa shape index (κ3) is 4.13. The van der Waals surface area contributed by atoms with Gasteiger partial charge in [0.15, 0.2) is 5.78 Å². The maximum atomic E-state index is 13.4. The fourth-order valence-electron chi connectivity index (χ4n) is 2.65. The van der Waals surface area contributed by atoms with Gasteiger partial charge < -0.3 is 19.1 Å². The monoisotopic (exact) mass is 401 g/mol. The third-order valence-electron chi connectivity index (χ3n) is 3.76. The lowest BCUT2D eigenvalue weighted by molar-refractivity contribution is 0.141. The van der Waals surface area contributed by atoms with Gasteiger partial charge in [0.1, 0.15) is 5.75 Å². The molecule has 0 unspecified atom stereocenters. The first kappa shape index (κ1) is 18.6. The van der Waals surface area contributed by atoms with E-state index in [9.17, 15) is 4.57 Å². The maximum absolute atomic E-state index is 13.4. The molecule has 8 heteroatoms. The molecule has 0 bridgehead atoms. The molecule has 0 aliphatic carbocycles. The quantitative estimate of drug-likeness (QED) is 0.647. The van der Waals surface area contributed by atoms with Gasteiger partial charge in [-0.3, -0.25) is 4.57 Å². The Labute approximate surface area is 156 Å². The SMILES string of the molecule is COc1c(Cl)cc(Cl)cc1[C@H](Nc1ccccc1)P1(=O)OCCCO1. The summed E-state index contributed by atoms with van der Waals surface area (Å²) < 4.78 is 29.9. The second-order valence-corrected chi connectivity index (χ2v) is 8.44. The fourth-order valence-corrected chi connectivity index (χ4v) is 5.21. The molecule has 25 heavy (non-hydrogen) atoms. The molecular weight excluding hydrogens is 384 g/mol. The van der Waals surface area contributed by atoms with E-state index in [0.717, 1.165) is 5.69 Å². The normalized spacial score (nSPS) is 17.7. The number of rotatable bonds is 5. The molecule has 0 radical (unpaired) electrons. The first-order chi connectivity index (χ1) is 12.0. The first-order valence-electron chi connectivity index (χ1n) is 7.77. The molecule has 3 rings (SSSR count). The summed E-state index contributed by atoms with van der Waals surface area (Å²) in [7, 11) is -2.00. The van der Waals surface area contributed by atoms with Crippen LogP contribution in [0, 0.1) is 0 Å². The third-order valence-corrected chi connectivity index (χ3v) is 6.38. The standard InChI is InChI=1S/C17H18Cl2NO4P/c1-22-16-14(10-12(18)11-15(16)19)17(20-13-6-3-2-4-7-13)25(21)23-8-5-9-24-25/h2-4,6-7,10-11,17,20H,5,8-9H2,1H3/t17-/m1/s1. The van der Waals surface area contributed by atoms with Crippen molar-refractivity contribution in [3.05, 3.63) is 58.1 Å². The Morgan fingerprint density at radius 3 is 2.48 bits per heavy atom. The lowest BCUT2D eigenvalue weighted by atomic mass is 10.2. The minimum Gasteiger partial charge on any atom is -0.495 e. The van der Waals surface area contributed by atoms with Gasteiger partial charge in [-0.2, -0.15) is 0 Å². The molecule has 1 fully saturated rings. The van der Waals surface area contributed by atoms with E-state index in [1.165, 1.54) is 7.11 Å². The van der Waals surface area contributed by atoms with Crippen molar-refractivity contribution in [1.29, 1.82) is 0 Å². The van der Waals surface area contributed by atoms with Gasteiger partial charge in [-0.25, -0.2) is 0 Å². The fraction of sp³-hybridized carbons (Fsp3) is 0.294. The summed E-state index contributed by atoms with van der Waals surface area (Å²) in [5.41, 5.74) is 1.28. The number of nitrogens with one attached hydrogen (secondary N) is 1. The van der Waals surface area contributed by atoms with Crippen LogP contribution in [0.25, 0.3) is 0 Å². The van der Waals surface area contributed by atoms with Crippen molar-refractivity contribution in [2.24, 2.45) is 0 Å². The van der Waals surface area contributed by atoms with E-state index in [0.29, 0.717) is 41.0 Å². The highest BCUT2D eigenvalue weighted by Crippen LogP contribution is 2.64. The Morgan fingerprint density at radius 1 is 1.16 bits per heavy atom. The number of hydrogen-bond acceptors (Lipinski definition) is 5. The number of halogens is 2. The second kappa shape index (κ2) is 7.98. The van der Waals surface area contributed by atoms with Crippen LogP contribution in [-0.4, -0.2) is 20.3 Å². The zero-order chi connectivity index (χ0) is 17.9. The maximum Gasteiger partial charge on any atom is 0.357 e. The molecule has 1 aliphatic heterocycles. The van der Waals surface area contributed by atoms with Crippen molar-refractivity contribution in [3.8, 4) is 5.75 Å². The van der Waals surface area contributed by atoms with E-state index in [2.05, 4.69) is 5.32 Å². The molecule has 2 aromatic rings. The molecule has 0 spiro atoms. The minimum absolute atomic E-state index is 0.327. The van der Waals surface area contributed by atoms with Crippen molar-refractivity contribution >= 4 is 36.5 Å². The van der Waals surface area contributed by atoms with E-state index in [1.54, 1.807) is 12.1 Å². The van der Waals surface area contributed by atoms with E-state index in [1.807, 2.05) is 30.3 Å². The molecule has 5 nitrogen and oxygen atoms in total. The Kier molecular flexibility index (Phi) is 5.92. The van der Waals surface area contributed by atoms with Crippen LogP contribution in [0.3, 0.4) is 0 Å². The van der Waals surface area contributed by atoms with Crippen molar-refractivity contribution in [2.75, 3.05) is 25.6 Å². The predicted octanol–water partition coefficient (Wildman–Crippen LogP) is 5.74. The van der Waals surface area contributed by atoms with Gasteiger partial charge in [-0.15, -0.1) is 0 Å². The summed E-state index contributed by atoms with van der Waals surface area (Å²) in [5.74, 6) is -0.422. The van der Waals surface area contributed by atoms with Gasteiger partial charge in [0.05, 0.1) is 25.3 Å². The molecule has 1 aliphatic rings. The molecule has 0 amide bonds.